The smallest absolute Gasteiger partial charge is 0.408 e. The Balaban J connectivity index is 1.45. The molecule has 7 heteroatoms. The second kappa shape index (κ2) is 11.9. The number of rotatable bonds is 7. The van der Waals surface area contributed by atoms with E-state index >= 15 is 0 Å². The molecule has 3 aliphatic rings. The van der Waals surface area contributed by atoms with E-state index in [1.54, 1.807) is 0 Å². The normalized spacial score (nSPS) is 25.7. The van der Waals surface area contributed by atoms with Gasteiger partial charge in [-0.25, -0.2) is 4.79 Å². The fraction of sp³-hybridized carbons (Fsp3) is 0.700. The summed E-state index contributed by atoms with van der Waals surface area (Å²) in [5.41, 5.74) is 0.425. The van der Waals surface area contributed by atoms with Gasteiger partial charge in [0.1, 0.15) is 18.7 Å². The van der Waals surface area contributed by atoms with Crippen LogP contribution in [0.5, 0.6) is 0 Å². The Bertz CT molecular complexity index is 938. The van der Waals surface area contributed by atoms with Gasteiger partial charge in [0.05, 0.1) is 0 Å². The Morgan fingerprint density at radius 1 is 0.973 bits per heavy atom. The first-order valence-corrected chi connectivity index (χ1v) is 14.2. The molecule has 2 aliphatic carbocycles. The van der Waals surface area contributed by atoms with Gasteiger partial charge in [0.15, 0.2) is 0 Å². The number of carbonyl (C=O) groups is 3. The standard InChI is InChI=1S/C30H45N3O4/c1-20-24-17-11-16-23(24)18-33(20)28(35)26(30(2,3)4)32-27(34)25(22-14-9-6-10-15-22)31-29(36)37-19-21-12-7-5-8-13-21/h5,7-8,12-13,20,22-26H,6,9-11,14-19H2,1-4H3,(H,31,36)(H,32,34)/t20-,23+,24-,25+,26-/m1/s1. The van der Waals surface area contributed by atoms with Crippen molar-refractivity contribution in [2.24, 2.45) is 23.2 Å². The van der Waals surface area contributed by atoms with E-state index < -0.39 is 23.6 Å². The summed E-state index contributed by atoms with van der Waals surface area (Å²) in [6.07, 6.45) is 7.96. The van der Waals surface area contributed by atoms with E-state index in [4.69, 9.17) is 4.74 Å². The second-order valence-electron chi connectivity index (χ2n) is 12.5. The van der Waals surface area contributed by atoms with E-state index in [1.165, 1.54) is 19.3 Å². The number of fused-ring (bicyclic) bond motifs is 1. The van der Waals surface area contributed by atoms with E-state index in [-0.39, 0.29) is 30.4 Å². The molecule has 2 N–H and O–H groups in total. The number of benzene rings is 1. The minimum absolute atomic E-state index is 0.00296. The molecule has 2 saturated carbocycles. The van der Waals surface area contributed by atoms with Crippen molar-refractivity contribution < 1.29 is 19.1 Å². The highest BCUT2D eigenvalue weighted by Gasteiger charge is 2.47. The number of ether oxygens (including phenoxy) is 1. The number of likely N-dealkylation sites (tertiary alicyclic amines) is 1. The zero-order valence-corrected chi connectivity index (χ0v) is 23.0. The third-order valence-electron chi connectivity index (χ3n) is 8.83. The van der Waals surface area contributed by atoms with Crippen molar-refractivity contribution in [3.63, 3.8) is 0 Å². The quantitative estimate of drug-likeness (QED) is 0.537. The maximum absolute atomic E-state index is 13.8. The van der Waals surface area contributed by atoms with Crippen LogP contribution < -0.4 is 10.6 Å². The first-order chi connectivity index (χ1) is 17.6. The van der Waals surface area contributed by atoms with Crippen molar-refractivity contribution in [3.8, 4) is 0 Å². The molecule has 0 spiro atoms. The summed E-state index contributed by atoms with van der Waals surface area (Å²) in [5.74, 6) is 0.877. The lowest BCUT2D eigenvalue weighted by Crippen LogP contribution is -2.60. The van der Waals surface area contributed by atoms with Crippen LogP contribution in [-0.2, 0) is 20.9 Å². The molecule has 0 radical (unpaired) electrons. The summed E-state index contributed by atoms with van der Waals surface area (Å²) in [7, 11) is 0. The van der Waals surface area contributed by atoms with Crippen LogP contribution in [0.3, 0.4) is 0 Å². The van der Waals surface area contributed by atoms with E-state index in [0.717, 1.165) is 44.2 Å². The van der Waals surface area contributed by atoms with Crippen molar-refractivity contribution in [2.75, 3.05) is 6.54 Å². The number of hydrogen-bond acceptors (Lipinski definition) is 4. The number of nitrogens with zero attached hydrogens (tertiary/aromatic N) is 1. The Morgan fingerprint density at radius 3 is 2.32 bits per heavy atom. The Morgan fingerprint density at radius 2 is 1.68 bits per heavy atom. The fourth-order valence-corrected chi connectivity index (χ4v) is 6.67. The lowest BCUT2D eigenvalue weighted by atomic mass is 9.82. The first-order valence-electron chi connectivity index (χ1n) is 14.2. The highest BCUT2D eigenvalue weighted by molar-refractivity contribution is 5.92. The number of carbonyl (C=O) groups excluding carboxylic acids is 3. The van der Waals surface area contributed by atoms with Crippen molar-refractivity contribution in [1.82, 2.24) is 15.5 Å². The van der Waals surface area contributed by atoms with Crippen molar-refractivity contribution in [3.05, 3.63) is 35.9 Å². The summed E-state index contributed by atoms with van der Waals surface area (Å²) in [4.78, 5) is 42.4. The van der Waals surface area contributed by atoms with Crippen LogP contribution in [0.2, 0.25) is 0 Å². The summed E-state index contributed by atoms with van der Waals surface area (Å²) >= 11 is 0. The van der Waals surface area contributed by atoms with Gasteiger partial charge in [-0.1, -0.05) is 76.8 Å². The molecule has 204 valence electrons. The molecule has 1 aliphatic heterocycles. The van der Waals surface area contributed by atoms with Crippen molar-refractivity contribution in [1.29, 1.82) is 0 Å². The molecule has 0 unspecified atom stereocenters. The van der Waals surface area contributed by atoms with Gasteiger partial charge < -0.3 is 20.3 Å². The predicted octanol–water partition coefficient (Wildman–Crippen LogP) is 5.04. The number of alkyl carbamates (subject to hydrolysis) is 1. The lowest BCUT2D eigenvalue weighted by Gasteiger charge is -2.37. The molecule has 1 heterocycles. The van der Waals surface area contributed by atoms with Crippen LogP contribution in [0.4, 0.5) is 4.79 Å². The van der Waals surface area contributed by atoms with E-state index in [2.05, 4.69) is 17.6 Å². The number of nitrogens with one attached hydrogen (secondary N) is 2. The molecule has 1 aromatic carbocycles. The second-order valence-corrected chi connectivity index (χ2v) is 12.5. The van der Waals surface area contributed by atoms with Crippen LogP contribution in [0.1, 0.15) is 84.6 Å². The zero-order valence-electron chi connectivity index (χ0n) is 23.0. The van der Waals surface area contributed by atoms with Gasteiger partial charge in [0, 0.05) is 12.6 Å². The minimum atomic E-state index is -0.725. The Labute approximate surface area is 222 Å². The minimum Gasteiger partial charge on any atom is -0.445 e. The van der Waals surface area contributed by atoms with Gasteiger partial charge in [0.25, 0.3) is 0 Å². The molecular weight excluding hydrogens is 466 g/mol. The highest BCUT2D eigenvalue weighted by atomic mass is 16.5. The summed E-state index contributed by atoms with van der Waals surface area (Å²) in [6.45, 7) is 9.06. The highest BCUT2D eigenvalue weighted by Crippen LogP contribution is 2.42. The van der Waals surface area contributed by atoms with Crippen molar-refractivity contribution >= 4 is 17.9 Å². The molecule has 5 atom stereocenters. The third-order valence-corrected chi connectivity index (χ3v) is 8.83. The van der Waals surface area contributed by atoms with Gasteiger partial charge in [-0.15, -0.1) is 0 Å². The Kier molecular flexibility index (Phi) is 8.81. The average molecular weight is 512 g/mol. The molecule has 4 rings (SSSR count). The molecule has 0 bridgehead atoms. The van der Waals surface area contributed by atoms with Crippen LogP contribution >= 0.6 is 0 Å². The van der Waals surface area contributed by atoms with Gasteiger partial charge in [-0.3, -0.25) is 9.59 Å². The molecule has 7 nitrogen and oxygen atoms in total. The van der Waals surface area contributed by atoms with Crippen LogP contribution in [0.15, 0.2) is 30.3 Å². The van der Waals surface area contributed by atoms with Gasteiger partial charge >= 0.3 is 6.09 Å². The first kappa shape index (κ1) is 27.5. The van der Waals surface area contributed by atoms with Gasteiger partial charge in [-0.05, 0) is 61.3 Å². The maximum Gasteiger partial charge on any atom is 0.408 e. The summed E-state index contributed by atoms with van der Waals surface area (Å²) in [6, 6.07) is 8.31. The van der Waals surface area contributed by atoms with E-state index in [9.17, 15) is 14.4 Å². The SMILES string of the molecule is C[C@@H]1[C@H]2CCC[C@H]2CN1C(=O)[C@@H](NC(=O)[C@@H](NC(=O)OCc1ccccc1)C1CCCCC1)C(C)(C)C. The summed E-state index contributed by atoms with van der Waals surface area (Å²) < 4.78 is 5.45. The largest absolute Gasteiger partial charge is 0.445 e. The molecule has 3 fully saturated rings. The lowest BCUT2D eigenvalue weighted by molar-refractivity contribution is -0.141. The Hall–Kier alpha value is -2.57. The summed E-state index contributed by atoms with van der Waals surface area (Å²) in [5, 5.41) is 5.96. The molecule has 1 saturated heterocycles. The average Bonchev–Trinajstić information content (AvgIpc) is 3.47. The van der Waals surface area contributed by atoms with Crippen LogP contribution in [0, 0.1) is 23.2 Å². The molecular formula is C30H45N3O4. The molecule has 0 aromatic heterocycles. The van der Waals surface area contributed by atoms with Crippen molar-refractivity contribution in [2.45, 2.75) is 104 Å². The van der Waals surface area contributed by atoms with E-state index in [0.29, 0.717) is 11.8 Å². The van der Waals surface area contributed by atoms with Gasteiger partial charge in [0.2, 0.25) is 11.8 Å². The molecule has 37 heavy (non-hydrogen) atoms. The van der Waals surface area contributed by atoms with Crippen LogP contribution in [-0.4, -0.2) is 47.5 Å². The third kappa shape index (κ3) is 6.66. The number of amides is 3. The number of hydrogen-bond donors (Lipinski definition) is 2. The molecule has 1 aromatic rings. The fourth-order valence-electron chi connectivity index (χ4n) is 6.67. The topological polar surface area (TPSA) is 87.7 Å². The zero-order chi connectivity index (χ0) is 26.6. The molecule has 3 amide bonds. The van der Waals surface area contributed by atoms with Crippen LogP contribution in [0.25, 0.3) is 0 Å². The monoisotopic (exact) mass is 511 g/mol. The predicted molar refractivity (Wildman–Crippen MR) is 144 cm³/mol. The van der Waals surface area contributed by atoms with Gasteiger partial charge in [-0.2, -0.15) is 0 Å². The van der Waals surface area contributed by atoms with E-state index in [1.807, 2.05) is 56.0 Å². The maximum atomic E-state index is 13.8.